The maximum Gasteiger partial charge on any atom is 0.182 e. The topological polar surface area (TPSA) is 82.8 Å². The minimum absolute atomic E-state index is 0.360. The molecular formula is C23H21N5O2. The lowest BCUT2D eigenvalue weighted by Crippen LogP contribution is -2.02. The molecule has 0 aliphatic carbocycles. The first kappa shape index (κ1) is 19.4. The Labute approximate surface area is 174 Å². The molecule has 0 aliphatic heterocycles. The van der Waals surface area contributed by atoms with Gasteiger partial charge in [-0.15, -0.1) is 5.10 Å². The smallest absolute Gasteiger partial charge is 0.182 e. The number of pyridine rings is 1. The third kappa shape index (κ3) is 3.82. The van der Waals surface area contributed by atoms with Crippen LogP contribution in [0.5, 0.6) is 5.75 Å². The van der Waals surface area contributed by atoms with Crippen molar-refractivity contribution in [3.63, 3.8) is 0 Å². The van der Waals surface area contributed by atoms with Gasteiger partial charge in [0.1, 0.15) is 12.4 Å². The zero-order chi connectivity index (χ0) is 21.1. The summed E-state index contributed by atoms with van der Waals surface area (Å²) < 4.78 is 7.58. The van der Waals surface area contributed by atoms with E-state index in [0.29, 0.717) is 29.4 Å². The van der Waals surface area contributed by atoms with Crippen LogP contribution < -0.4 is 4.74 Å². The molecular weight excluding hydrogens is 378 g/mol. The predicted octanol–water partition coefficient (Wildman–Crippen LogP) is 3.95. The van der Waals surface area contributed by atoms with E-state index in [9.17, 15) is 4.79 Å². The van der Waals surface area contributed by atoms with Crippen LogP contribution in [0.3, 0.4) is 0 Å². The van der Waals surface area contributed by atoms with Gasteiger partial charge in [0, 0.05) is 24.4 Å². The molecule has 30 heavy (non-hydrogen) atoms. The Balaban J connectivity index is 1.57. The lowest BCUT2D eigenvalue weighted by molar-refractivity contribution is 0.111. The Morgan fingerprint density at radius 2 is 1.77 bits per heavy atom. The molecule has 2 aromatic heterocycles. The van der Waals surface area contributed by atoms with E-state index in [1.54, 1.807) is 10.7 Å². The van der Waals surface area contributed by atoms with Gasteiger partial charge in [-0.1, -0.05) is 48.5 Å². The monoisotopic (exact) mass is 399 g/mol. The van der Waals surface area contributed by atoms with Gasteiger partial charge in [-0.05, 0) is 41.0 Å². The number of carbonyl (C=O) groups excluding carboxylic acids is 1. The number of aromatic nitrogens is 5. The van der Waals surface area contributed by atoms with E-state index in [1.165, 1.54) is 0 Å². The van der Waals surface area contributed by atoms with Crippen LogP contribution in [0.2, 0.25) is 0 Å². The number of aldehydes is 1. The Kier molecular flexibility index (Phi) is 5.34. The molecule has 0 unspecified atom stereocenters. The first-order chi connectivity index (χ1) is 14.6. The average Bonchev–Trinajstić information content (AvgIpc) is 3.18. The number of aryl methyl sites for hydroxylation is 3. The van der Waals surface area contributed by atoms with E-state index in [1.807, 2.05) is 63.4 Å². The molecule has 0 radical (unpaired) electrons. The summed E-state index contributed by atoms with van der Waals surface area (Å²) in [6.07, 6.45) is 0.790. The third-order valence-corrected chi connectivity index (χ3v) is 4.90. The highest BCUT2D eigenvalue weighted by Gasteiger charge is 2.13. The Morgan fingerprint density at radius 1 is 1.03 bits per heavy atom. The number of hydrogen-bond donors (Lipinski definition) is 0. The highest BCUT2D eigenvalue weighted by Crippen LogP contribution is 2.30. The van der Waals surface area contributed by atoms with Gasteiger partial charge in [-0.2, -0.15) is 0 Å². The van der Waals surface area contributed by atoms with Crippen molar-refractivity contribution >= 4 is 6.29 Å². The zero-order valence-electron chi connectivity index (χ0n) is 17.0. The normalized spacial score (nSPS) is 10.8. The lowest BCUT2D eigenvalue weighted by atomic mass is 9.98. The number of nitrogens with zero attached hydrogens (tertiary/aromatic N) is 5. The molecule has 0 fully saturated rings. The highest BCUT2D eigenvalue weighted by atomic mass is 16.5. The zero-order valence-corrected chi connectivity index (χ0v) is 17.0. The summed E-state index contributed by atoms with van der Waals surface area (Å²) in [5, 5.41) is 11.8. The molecule has 0 bridgehead atoms. The van der Waals surface area contributed by atoms with Crippen LogP contribution in [-0.2, 0) is 13.7 Å². The van der Waals surface area contributed by atoms with Crippen molar-refractivity contribution in [2.24, 2.45) is 7.05 Å². The van der Waals surface area contributed by atoms with Crippen molar-refractivity contribution in [1.29, 1.82) is 0 Å². The Morgan fingerprint density at radius 3 is 2.43 bits per heavy atom. The van der Waals surface area contributed by atoms with Crippen LogP contribution >= 0.6 is 0 Å². The second-order valence-electron chi connectivity index (χ2n) is 7.04. The van der Waals surface area contributed by atoms with Crippen LogP contribution in [0.15, 0.2) is 54.6 Å². The number of benzene rings is 2. The number of ether oxygens (including phenoxy) is 1. The van der Waals surface area contributed by atoms with Crippen molar-refractivity contribution in [3.8, 4) is 28.3 Å². The fourth-order valence-corrected chi connectivity index (χ4v) is 3.39. The van der Waals surface area contributed by atoms with Crippen LogP contribution in [0, 0.1) is 13.8 Å². The van der Waals surface area contributed by atoms with Crippen molar-refractivity contribution in [2.45, 2.75) is 20.5 Å². The van der Waals surface area contributed by atoms with Gasteiger partial charge in [0.05, 0.1) is 11.3 Å². The molecule has 0 atom stereocenters. The molecule has 4 aromatic rings. The number of tetrazole rings is 1. The van der Waals surface area contributed by atoms with Crippen molar-refractivity contribution < 1.29 is 9.53 Å². The fourth-order valence-electron chi connectivity index (χ4n) is 3.39. The van der Waals surface area contributed by atoms with Crippen LogP contribution in [0.1, 0.15) is 27.3 Å². The van der Waals surface area contributed by atoms with E-state index in [2.05, 4.69) is 26.6 Å². The molecule has 2 aromatic carbocycles. The molecule has 0 spiro atoms. The number of hydrogen-bond acceptors (Lipinski definition) is 6. The van der Waals surface area contributed by atoms with Crippen molar-refractivity contribution in [2.75, 3.05) is 0 Å². The van der Waals surface area contributed by atoms with Gasteiger partial charge < -0.3 is 4.74 Å². The van der Waals surface area contributed by atoms with E-state index < -0.39 is 0 Å². The maximum atomic E-state index is 11.4. The summed E-state index contributed by atoms with van der Waals surface area (Å²) in [6.45, 7) is 4.05. The van der Waals surface area contributed by atoms with Crippen molar-refractivity contribution in [3.05, 3.63) is 77.1 Å². The summed E-state index contributed by atoms with van der Waals surface area (Å²) in [6, 6.07) is 17.9. The van der Waals surface area contributed by atoms with Gasteiger partial charge in [-0.3, -0.25) is 9.78 Å². The SMILES string of the molecule is Cc1cc(OCc2ccc(-c3ccccc3-c3nnnn3C)cc2)c(C=O)c(C)n1. The summed E-state index contributed by atoms with van der Waals surface area (Å²) in [7, 11) is 1.82. The summed E-state index contributed by atoms with van der Waals surface area (Å²) in [5.41, 5.74) is 6.05. The molecule has 0 aliphatic rings. The molecule has 7 nitrogen and oxygen atoms in total. The minimum atomic E-state index is 0.360. The number of rotatable bonds is 6. The Bertz CT molecular complexity index is 1200. The molecule has 0 N–H and O–H groups in total. The van der Waals surface area contributed by atoms with Crippen LogP contribution in [0.4, 0.5) is 0 Å². The summed E-state index contributed by atoms with van der Waals surface area (Å²) in [5.74, 6) is 1.27. The summed E-state index contributed by atoms with van der Waals surface area (Å²) in [4.78, 5) is 15.7. The van der Waals surface area contributed by atoms with Crippen LogP contribution in [-0.4, -0.2) is 31.5 Å². The third-order valence-electron chi connectivity index (χ3n) is 4.90. The number of carbonyl (C=O) groups is 1. The van der Waals surface area contributed by atoms with Gasteiger partial charge in [0.15, 0.2) is 12.1 Å². The van der Waals surface area contributed by atoms with Crippen LogP contribution in [0.25, 0.3) is 22.5 Å². The molecule has 150 valence electrons. The van der Waals surface area contributed by atoms with E-state index >= 15 is 0 Å². The summed E-state index contributed by atoms with van der Waals surface area (Å²) >= 11 is 0. The molecule has 2 heterocycles. The second kappa shape index (κ2) is 8.24. The molecule has 4 rings (SSSR count). The molecule has 0 saturated heterocycles. The van der Waals surface area contributed by atoms with Gasteiger partial charge in [-0.25, -0.2) is 4.68 Å². The van der Waals surface area contributed by atoms with E-state index in [0.717, 1.165) is 34.2 Å². The largest absolute Gasteiger partial charge is 0.488 e. The highest BCUT2D eigenvalue weighted by molar-refractivity contribution is 5.81. The maximum absolute atomic E-state index is 11.4. The molecule has 0 amide bonds. The second-order valence-corrected chi connectivity index (χ2v) is 7.04. The van der Waals surface area contributed by atoms with Gasteiger partial charge >= 0.3 is 0 Å². The predicted molar refractivity (Wildman–Crippen MR) is 113 cm³/mol. The lowest BCUT2D eigenvalue weighted by Gasteiger charge is -2.12. The van der Waals surface area contributed by atoms with Crippen molar-refractivity contribution in [1.82, 2.24) is 25.2 Å². The minimum Gasteiger partial charge on any atom is -0.488 e. The average molecular weight is 399 g/mol. The quantitative estimate of drug-likeness (QED) is 0.457. The standard InChI is InChI=1S/C23H21N5O2/c1-15-12-22(21(13-29)16(2)24-15)30-14-17-8-10-18(11-9-17)19-6-4-5-7-20(19)23-25-26-27-28(23)3/h4-13H,14H2,1-3H3. The van der Waals surface area contributed by atoms with Gasteiger partial charge in [0.25, 0.3) is 0 Å². The Hall–Kier alpha value is -3.87. The first-order valence-electron chi connectivity index (χ1n) is 9.54. The fraction of sp³-hybridized carbons (Fsp3) is 0.174. The van der Waals surface area contributed by atoms with Gasteiger partial charge in [0.2, 0.25) is 0 Å². The molecule has 7 heteroatoms. The molecule has 0 saturated carbocycles. The van der Waals surface area contributed by atoms with E-state index in [4.69, 9.17) is 4.74 Å². The first-order valence-corrected chi connectivity index (χ1v) is 9.54. The van der Waals surface area contributed by atoms with E-state index in [-0.39, 0.29) is 0 Å².